The van der Waals surface area contributed by atoms with E-state index >= 15 is 0 Å². The van der Waals surface area contributed by atoms with Crippen molar-refractivity contribution in [3.05, 3.63) is 0 Å². The van der Waals surface area contributed by atoms with Crippen molar-refractivity contribution in [2.45, 2.75) is 39.7 Å². The molecule has 4 heteroatoms. The van der Waals surface area contributed by atoms with Crippen LogP contribution in [0.1, 0.15) is 33.6 Å². The quantitative estimate of drug-likeness (QED) is 0.642. The molecule has 0 aliphatic carbocycles. The molecule has 0 bridgehead atoms. The zero-order chi connectivity index (χ0) is 12.2. The highest BCUT2D eigenvalue weighted by Gasteiger charge is 2.43. The van der Waals surface area contributed by atoms with Crippen molar-refractivity contribution in [1.82, 2.24) is 10.6 Å². The lowest BCUT2D eigenvalue weighted by atomic mass is 9.75. The number of aliphatic hydroxyl groups is 1. The molecule has 1 heterocycles. The zero-order valence-electron chi connectivity index (χ0n) is 10.5. The summed E-state index contributed by atoms with van der Waals surface area (Å²) in [7, 11) is 0. The van der Waals surface area contributed by atoms with E-state index < -0.39 is 0 Å². The van der Waals surface area contributed by atoms with Gasteiger partial charge in [0.25, 0.3) is 0 Å². The standard InChI is InChI=1S/C12H24N2O2/c1-9(2)12(5-6-13-8-12)11(16)14-10(3)4-7-15/h9-10,13,15H,4-8H2,1-3H3,(H,14,16). The van der Waals surface area contributed by atoms with E-state index in [0.29, 0.717) is 12.3 Å². The zero-order valence-corrected chi connectivity index (χ0v) is 10.5. The van der Waals surface area contributed by atoms with Gasteiger partial charge in [0, 0.05) is 19.2 Å². The number of aliphatic hydroxyl groups excluding tert-OH is 1. The first-order valence-corrected chi connectivity index (χ1v) is 6.15. The predicted octanol–water partition coefficient (Wildman–Crippen LogP) is 0.509. The summed E-state index contributed by atoms with van der Waals surface area (Å²) in [6, 6.07) is 0.0497. The van der Waals surface area contributed by atoms with Crippen molar-refractivity contribution in [2.24, 2.45) is 11.3 Å². The van der Waals surface area contributed by atoms with Crippen molar-refractivity contribution in [1.29, 1.82) is 0 Å². The van der Waals surface area contributed by atoms with Crippen LogP contribution in [-0.2, 0) is 4.79 Å². The molecule has 1 saturated heterocycles. The molecular formula is C12H24N2O2. The average Bonchev–Trinajstić information content (AvgIpc) is 2.67. The first-order chi connectivity index (χ1) is 7.53. The number of amides is 1. The first kappa shape index (κ1) is 13.5. The number of carbonyl (C=O) groups is 1. The molecule has 2 atom stereocenters. The highest BCUT2D eigenvalue weighted by molar-refractivity contribution is 5.83. The van der Waals surface area contributed by atoms with E-state index in [0.717, 1.165) is 19.5 Å². The number of nitrogens with one attached hydrogen (secondary N) is 2. The van der Waals surface area contributed by atoms with Crippen LogP contribution < -0.4 is 10.6 Å². The van der Waals surface area contributed by atoms with Crippen molar-refractivity contribution < 1.29 is 9.90 Å². The molecule has 0 aromatic rings. The minimum atomic E-state index is -0.260. The lowest BCUT2D eigenvalue weighted by Gasteiger charge is -2.32. The Bertz CT molecular complexity index is 235. The van der Waals surface area contributed by atoms with Crippen LogP contribution >= 0.6 is 0 Å². The maximum Gasteiger partial charge on any atom is 0.228 e. The van der Waals surface area contributed by atoms with Gasteiger partial charge in [0.15, 0.2) is 0 Å². The molecule has 1 fully saturated rings. The van der Waals surface area contributed by atoms with Gasteiger partial charge in [-0.1, -0.05) is 13.8 Å². The van der Waals surface area contributed by atoms with Crippen molar-refractivity contribution in [2.75, 3.05) is 19.7 Å². The Labute approximate surface area is 97.8 Å². The monoisotopic (exact) mass is 228 g/mol. The lowest BCUT2D eigenvalue weighted by molar-refractivity contribution is -0.133. The molecule has 0 aromatic heterocycles. The SMILES string of the molecule is CC(CCO)NC(=O)C1(C(C)C)CCNC1. The first-order valence-electron chi connectivity index (χ1n) is 6.15. The maximum atomic E-state index is 12.3. The Morgan fingerprint density at radius 1 is 1.50 bits per heavy atom. The third-order valence-corrected chi connectivity index (χ3v) is 3.69. The third kappa shape index (κ3) is 2.74. The van der Waals surface area contributed by atoms with E-state index in [1.807, 2.05) is 6.92 Å². The van der Waals surface area contributed by atoms with Gasteiger partial charge in [-0.3, -0.25) is 4.79 Å². The van der Waals surface area contributed by atoms with E-state index in [9.17, 15) is 4.79 Å². The molecule has 1 aliphatic rings. The van der Waals surface area contributed by atoms with Crippen LogP contribution in [0, 0.1) is 11.3 Å². The minimum Gasteiger partial charge on any atom is -0.396 e. The third-order valence-electron chi connectivity index (χ3n) is 3.69. The smallest absolute Gasteiger partial charge is 0.228 e. The summed E-state index contributed by atoms with van der Waals surface area (Å²) < 4.78 is 0. The molecule has 0 saturated carbocycles. The average molecular weight is 228 g/mol. The van der Waals surface area contributed by atoms with Gasteiger partial charge in [0.1, 0.15) is 0 Å². The van der Waals surface area contributed by atoms with Crippen LogP contribution in [-0.4, -0.2) is 36.8 Å². The van der Waals surface area contributed by atoms with Crippen LogP contribution in [0.5, 0.6) is 0 Å². The fourth-order valence-corrected chi connectivity index (χ4v) is 2.29. The van der Waals surface area contributed by atoms with Crippen LogP contribution in [0.4, 0.5) is 0 Å². The van der Waals surface area contributed by atoms with Gasteiger partial charge in [0.2, 0.25) is 5.91 Å². The molecule has 3 N–H and O–H groups in total. The van der Waals surface area contributed by atoms with Gasteiger partial charge < -0.3 is 15.7 Å². The summed E-state index contributed by atoms with van der Waals surface area (Å²) in [5.41, 5.74) is -0.260. The summed E-state index contributed by atoms with van der Waals surface area (Å²) in [6.07, 6.45) is 1.52. The largest absolute Gasteiger partial charge is 0.396 e. The van der Waals surface area contributed by atoms with Crippen LogP contribution in [0.15, 0.2) is 0 Å². The number of rotatable bonds is 5. The number of hydrogen-bond acceptors (Lipinski definition) is 3. The predicted molar refractivity (Wildman–Crippen MR) is 64.1 cm³/mol. The van der Waals surface area contributed by atoms with Gasteiger partial charge in [-0.05, 0) is 32.2 Å². The molecule has 16 heavy (non-hydrogen) atoms. The molecular weight excluding hydrogens is 204 g/mol. The normalized spacial score (nSPS) is 27.1. The fraction of sp³-hybridized carbons (Fsp3) is 0.917. The summed E-state index contributed by atoms with van der Waals surface area (Å²) in [5.74, 6) is 0.470. The second-order valence-corrected chi connectivity index (χ2v) is 5.12. The lowest BCUT2D eigenvalue weighted by Crippen LogP contribution is -2.48. The van der Waals surface area contributed by atoms with Crippen molar-refractivity contribution in [3.63, 3.8) is 0 Å². The van der Waals surface area contributed by atoms with Gasteiger partial charge in [-0.25, -0.2) is 0 Å². The van der Waals surface area contributed by atoms with Crippen LogP contribution in [0.2, 0.25) is 0 Å². The van der Waals surface area contributed by atoms with E-state index in [2.05, 4.69) is 24.5 Å². The molecule has 0 radical (unpaired) electrons. The topological polar surface area (TPSA) is 61.4 Å². The Kier molecular flexibility index (Phi) is 4.74. The summed E-state index contributed by atoms with van der Waals surface area (Å²) >= 11 is 0. The Balaban J connectivity index is 2.62. The number of hydrogen-bond donors (Lipinski definition) is 3. The number of carbonyl (C=O) groups excluding carboxylic acids is 1. The Morgan fingerprint density at radius 3 is 2.62 bits per heavy atom. The molecule has 1 amide bonds. The van der Waals surface area contributed by atoms with E-state index in [1.54, 1.807) is 0 Å². The Morgan fingerprint density at radius 2 is 2.19 bits per heavy atom. The fourth-order valence-electron chi connectivity index (χ4n) is 2.29. The summed E-state index contributed by atoms with van der Waals surface area (Å²) in [6.45, 7) is 7.94. The van der Waals surface area contributed by atoms with Gasteiger partial charge in [-0.15, -0.1) is 0 Å². The molecule has 0 aromatic carbocycles. The molecule has 0 spiro atoms. The van der Waals surface area contributed by atoms with Crippen molar-refractivity contribution in [3.8, 4) is 0 Å². The highest BCUT2D eigenvalue weighted by Crippen LogP contribution is 2.34. The molecule has 1 rings (SSSR count). The van der Waals surface area contributed by atoms with Gasteiger partial charge >= 0.3 is 0 Å². The Hall–Kier alpha value is -0.610. The van der Waals surface area contributed by atoms with E-state index in [-0.39, 0.29) is 24.0 Å². The molecule has 4 nitrogen and oxygen atoms in total. The van der Waals surface area contributed by atoms with E-state index in [1.165, 1.54) is 0 Å². The summed E-state index contributed by atoms with van der Waals surface area (Å²) in [4.78, 5) is 12.3. The van der Waals surface area contributed by atoms with Crippen LogP contribution in [0.25, 0.3) is 0 Å². The maximum absolute atomic E-state index is 12.3. The van der Waals surface area contributed by atoms with Crippen molar-refractivity contribution >= 4 is 5.91 Å². The second kappa shape index (κ2) is 5.64. The molecule has 94 valence electrons. The minimum absolute atomic E-state index is 0.0497. The van der Waals surface area contributed by atoms with Gasteiger partial charge in [-0.2, -0.15) is 0 Å². The van der Waals surface area contributed by atoms with E-state index in [4.69, 9.17) is 5.11 Å². The van der Waals surface area contributed by atoms with Crippen LogP contribution in [0.3, 0.4) is 0 Å². The molecule has 2 unspecified atom stereocenters. The van der Waals surface area contributed by atoms with Gasteiger partial charge in [0.05, 0.1) is 5.41 Å². The second-order valence-electron chi connectivity index (χ2n) is 5.12. The molecule has 1 aliphatic heterocycles. The summed E-state index contributed by atoms with van der Waals surface area (Å²) in [5, 5.41) is 15.1. The highest BCUT2D eigenvalue weighted by atomic mass is 16.3.